The van der Waals surface area contributed by atoms with E-state index >= 15 is 0 Å². The van der Waals surface area contributed by atoms with E-state index in [1.807, 2.05) is 60.7 Å². The van der Waals surface area contributed by atoms with Gasteiger partial charge in [-0.25, -0.2) is 13.4 Å². The molecule has 7 heteroatoms. The SMILES string of the molecule is O=S(=O)(Nc1nc(-c2ccccc2)c(-c2ccccc2)s1)c1cccc(Cl)c1. The number of aromatic nitrogens is 1. The third-order valence-corrected chi connectivity index (χ3v) is 6.76. The Bertz CT molecular complexity index is 1150. The van der Waals surface area contributed by atoms with Crippen molar-refractivity contribution in [2.75, 3.05) is 4.72 Å². The normalized spacial score (nSPS) is 11.3. The molecule has 0 radical (unpaired) electrons. The molecule has 0 aliphatic heterocycles. The Morgan fingerprint density at radius 3 is 2.11 bits per heavy atom. The van der Waals surface area contributed by atoms with Crippen molar-refractivity contribution < 1.29 is 8.42 Å². The first-order valence-corrected chi connectivity index (χ1v) is 11.1. The number of nitrogens with one attached hydrogen (secondary N) is 1. The molecule has 1 N–H and O–H groups in total. The van der Waals surface area contributed by atoms with Crippen LogP contribution in [0.2, 0.25) is 5.02 Å². The van der Waals surface area contributed by atoms with Gasteiger partial charge in [-0.3, -0.25) is 4.72 Å². The highest BCUT2D eigenvalue weighted by Crippen LogP contribution is 2.39. The lowest BCUT2D eigenvalue weighted by molar-refractivity contribution is 0.601. The fourth-order valence-electron chi connectivity index (χ4n) is 2.75. The summed E-state index contributed by atoms with van der Waals surface area (Å²) in [7, 11) is -3.79. The lowest BCUT2D eigenvalue weighted by atomic mass is 10.1. The number of benzene rings is 3. The Morgan fingerprint density at radius 1 is 0.821 bits per heavy atom. The maximum Gasteiger partial charge on any atom is 0.263 e. The zero-order chi connectivity index (χ0) is 19.6. The van der Waals surface area contributed by atoms with Crippen molar-refractivity contribution in [3.63, 3.8) is 0 Å². The Morgan fingerprint density at radius 2 is 1.46 bits per heavy atom. The van der Waals surface area contributed by atoms with Crippen LogP contribution >= 0.6 is 22.9 Å². The lowest BCUT2D eigenvalue weighted by Gasteiger charge is -2.05. The molecule has 0 spiro atoms. The van der Waals surface area contributed by atoms with Crippen molar-refractivity contribution in [1.29, 1.82) is 0 Å². The quantitative estimate of drug-likeness (QED) is 0.430. The Balaban J connectivity index is 1.78. The van der Waals surface area contributed by atoms with Gasteiger partial charge < -0.3 is 0 Å². The molecule has 28 heavy (non-hydrogen) atoms. The molecule has 0 unspecified atom stereocenters. The number of rotatable bonds is 5. The van der Waals surface area contributed by atoms with E-state index in [1.165, 1.54) is 23.5 Å². The highest BCUT2D eigenvalue weighted by Gasteiger charge is 2.20. The summed E-state index contributed by atoms with van der Waals surface area (Å²) >= 11 is 7.24. The number of halogens is 1. The van der Waals surface area contributed by atoms with Crippen molar-refractivity contribution in [2.24, 2.45) is 0 Å². The molecule has 4 rings (SSSR count). The van der Waals surface area contributed by atoms with Crippen molar-refractivity contribution in [3.8, 4) is 21.7 Å². The van der Waals surface area contributed by atoms with Gasteiger partial charge in [0.25, 0.3) is 10.0 Å². The molecular formula is C21H15ClN2O2S2. The minimum absolute atomic E-state index is 0.0951. The van der Waals surface area contributed by atoms with E-state index in [1.54, 1.807) is 12.1 Å². The number of hydrogen-bond donors (Lipinski definition) is 1. The van der Waals surface area contributed by atoms with Gasteiger partial charge in [0.1, 0.15) is 0 Å². The largest absolute Gasteiger partial charge is 0.263 e. The molecular weight excluding hydrogens is 412 g/mol. The topological polar surface area (TPSA) is 59.1 Å². The summed E-state index contributed by atoms with van der Waals surface area (Å²) in [5.41, 5.74) is 2.64. The second-order valence-corrected chi connectivity index (χ2v) is 9.11. The third-order valence-electron chi connectivity index (χ3n) is 4.04. The first kappa shape index (κ1) is 18.7. The summed E-state index contributed by atoms with van der Waals surface area (Å²) in [6.45, 7) is 0. The molecule has 4 nitrogen and oxygen atoms in total. The van der Waals surface area contributed by atoms with E-state index < -0.39 is 10.0 Å². The van der Waals surface area contributed by atoms with Gasteiger partial charge in [0, 0.05) is 10.6 Å². The molecule has 0 saturated heterocycles. The molecule has 1 aromatic heterocycles. The predicted molar refractivity (Wildman–Crippen MR) is 115 cm³/mol. The van der Waals surface area contributed by atoms with Crippen LogP contribution in [0, 0.1) is 0 Å². The fraction of sp³-hybridized carbons (Fsp3) is 0. The van der Waals surface area contributed by atoms with Gasteiger partial charge in [-0.05, 0) is 23.8 Å². The van der Waals surface area contributed by atoms with E-state index in [0.717, 1.165) is 21.7 Å². The smallest absolute Gasteiger partial charge is 0.255 e. The highest BCUT2D eigenvalue weighted by molar-refractivity contribution is 7.93. The van der Waals surface area contributed by atoms with Crippen molar-refractivity contribution in [1.82, 2.24) is 4.98 Å². The van der Waals surface area contributed by atoms with Gasteiger partial charge in [0.15, 0.2) is 5.13 Å². The molecule has 0 atom stereocenters. The monoisotopic (exact) mass is 426 g/mol. The minimum Gasteiger partial charge on any atom is -0.255 e. The van der Waals surface area contributed by atoms with E-state index in [4.69, 9.17) is 11.6 Å². The molecule has 0 bridgehead atoms. The summed E-state index contributed by atoms with van der Waals surface area (Å²) in [4.78, 5) is 5.58. The third kappa shape index (κ3) is 3.94. The number of thiazole rings is 1. The van der Waals surface area contributed by atoms with E-state index in [0.29, 0.717) is 10.2 Å². The maximum absolute atomic E-state index is 12.7. The van der Waals surface area contributed by atoms with Crippen LogP contribution in [-0.2, 0) is 10.0 Å². The summed E-state index contributed by atoms with van der Waals surface area (Å²) < 4.78 is 28.1. The highest BCUT2D eigenvalue weighted by atomic mass is 35.5. The second-order valence-electron chi connectivity index (χ2n) is 5.99. The lowest BCUT2D eigenvalue weighted by Crippen LogP contribution is -2.12. The molecule has 140 valence electrons. The molecule has 0 saturated carbocycles. The summed E-state index contributed by atoms with van der Waals surface area (Å²) in [5.74, 6) is 0. The van der Waals surface area contributed by atoms with Gasteiger partial charge in [-0.15, -0.1) is 0 Å². The zero-order valence-electron chi connectivity index (χ0n) is 14.5. The molecule has 0 fully saturated rings. The van der Waals surface area contributed by atoms with Crippen molar-refractivity contribution in [3.05, 3.63) is 90.0 Å². The summed E-state index contributed by atoms with van der Waals surface area (Å²) in [6, 6.07) is 25.6. The zero-order valence-corrected chi connectivity index (χ0v) is 16.9. The molecule has 0 aliphatic carbocycles. The van der Waals surface area contributed by atoms with Gasteiger partial charge in [0.2, 0.25) is 0 Å². The first-order valence-electron chi connectivity index (χ1n) is 8.43. The number of nitrogens with zero attached hydrogens (tertiary/aromatic N) is 1. The molecule has 1 heterocycles. The van der Waals surface area contributed by atoms with E-state index in [9.17, 15) is 8.42 Å². The van der Waals surface area contributed by atoms with Crippen LogP contribution in [0.25, 0.3) is 21.7 Å². The number of hydrogen-bond acceptors (Lipinski definition) is 4. The second kappa shape index (κ2) is 7.75. The van der Waals surface area contributed by atoms with Gasteiger partial charge >= 0.3 is 0 Å². The van der Waals surface area contributed by atoms with Gasteiger partial charge in [0.05, 0.1) is 15.5 Å². The first-order chi connectivity index (χ1) is 13.5. The average Bonchev–Trinajstić information content (AvgIpc) is 3.12. The van der Waals surface area contributed by atoms with Crippen LogP contribution < -0.4 is 4.72 Å². The molecule has 4 aromatic rings. The Kier molecular flexibility index (Phi) is 5.17. The van der Waals surface area contributed by atoms with Crippen LogP contribution in [0.1, 0.15) is 0 Å². The molecule has 0 aliphatic rings. The van der Waals surface area contributed by atoms with E-state index in [2.05, 4.69) is 9.71 Å². The van der Waals surface area contributed by atoms with Crippen LogP contribution in [0.4, 0.5) is 5.13 Å². The Hall–Kier alpha value is -2.67. The molecule has 3 aromatic carbocycles. The summed E-state index contributed by atoms with van der Waals surface area (Å²) in [6.07, 6.45) is 0. The van der Waals surface area contributed by atoms with Crippen LogP contribution in [0.3, 0.4) is 0 Å². The number of anilines is 1. The summed E-state index contributed by atoms with van der Waals surface area (Å²) in [5, 5.41) is 0.662. The molecule has 0 amide bonds. The van der Waals surface area contributed by atoms with E-state index in [-0.39, 0.29) is 4.90 Å². The predicted octanol–water partition coefficient (Wildman–Crippen LogP) is 5.93. The van der Waals surface area contributed by atoms with Gasteiger partial charge in [-0.2, -0.15) is 0 Å². The van der Waals surface area contributed by atoms with Crippen molar-refractivity contribution in [2.45, 2.75) is 4.90 Å². The number of sulfonamides is 1. The van der Waals surface area contributed by atoms with Crippen LogP contribution in [0.15, 0.2) is 89.8 Å². The van der Waals surface area contributed by atoms with Crippen LogP contribution in [-0.4, -0.2) is 13.4 Å². The maximum atomic E-state index is 12.7. The minimum atomic E-state index is -3.79. The van der Waals surface area contributed by atoms with Gasteiger partial charge in [-0.1, -0.05) is 89.7 Å². The standard InChI is InChI=1S/C21H15ClN2O2S2/c22-17-12-7-13-18(14-17)28(25,26)24-21-23-19(15-8-3-1-4-9-15)20(27-21)16-10-5-2-6-11-16/h1-14H,(H,23,24). The Labute approximate surface area is 172 Å². The average molecular weight is 427 g/mol. The fourth-order valence-corrected chi connectivity index (χ4v) is 5.28. The van der Waals surface area contributed by atoms with Crippen LogP contribution in [0.5, 0.6) is 0 Å². The van der Waals surface area contributed by atoms with Crippen molar-refractivity contribution >= 4 is 38.1 Å².